The number of unbranched alkanes of at least 4 members (excludes halogenated alkanes) is 2. The molecule has 0 atom stereocenters. The van der Waals surface area contributed by atoms with Gasteiger partial charge in [-0.05, 0) is 12.8 Å². The zero-order valence-corrected chi connectivity index (χ0v) is 22.0. The van der Waals surface area contributed by atoms with Crippen molar-refractivity contribution in [3.8, 4) is 0 Å². The molecule has 0 aromatic carbocycles. The van der Waals surface area contributed by atoms with Crippen LogP contribution in [0.1, 0.15) is 86.0 Å². The molecular weight excluding hydrogens is 474 g/mol. The highest BCUT2D eigenvalue weighted by Gasteiger charge is 2.02. The maximum Gasteiger partial charge on any atom is 0.528 e. The summed E-state index contributed by atoms with van der Waals surface area (Å²) in [4.78, 5) is 47.0. The maximum absolute atomic E-state index is 10.6. The topological polar surface area (TPSA) is 189 Å². The fourth-order valence-corrected chi connectivity index (χ4v) is 1.23. The number of aliphatic hydroxyl groups excluding tert-OH is 1. The van der Waals surface area contributed by atoms with E-state index in [-0.39, 0.29) is 37.0 Å². The molecule has 13 heteroatoms. The molecule has 0 aliphatic carbocycles. The monoisotopic (exact) mass is 519 g/mol. The van der Waals surface area contributed by atoms with Gasteiger partial charge in [-0.3, -0.25) is 14.4 Å². The third kappa shape index (κ3) is 52.1. The van der Waals surface area contributed by atoms with Gasteiger partial charge in [0.05, 0.1) is 19.8 Å². The average molecular weight is 520 g/mol. The number of aliphatic hydroxyl groups is 1. The summed E-state index contributed by atoms with van der Waals surface area (Å²) in [6.45, 7) is 10.5. The van der Waals surface area contributed by atoms with Gasteiger partial charge < -0.3 is 34.7 Å². The molecule has 0 aromatic rings. The summed E-state index contributed by atoms with van der Waals surface area (Å²) >= 11 is 3.42. The number of esters is 2. The Morgan fingerprint density at radius 3 is 1.44 bits per heavy atom. The summed E-state index contributed by atoms with van der Waals surface area (Å²) in [5.41, 5.74) is 0. The van der Waals surface area contributed by atoms with Crippen LogP contribution in [0.5, 0.6) is 0 Å². The summed E-state index contributed by atoms with van der Waals surface area (Å²) in [7, 11) is 0. The molecule has 0 rings (SSSR count). The molecular formula is C21H45NO11S. The van der Waals surface area contributed by atoms with Crippen molar-refractivity contribution in [3.05, 3.63) is 0 Å². The third-order valence-electron chi connectivity index (χ3n) is 3.05. The smallest absolute Gasteiger partial charge is 0.481 e. The lowest BCUT2D eigenvalue weighted by molar-refractivity contribution is -0.144. The summed E-state index contributed by atoms with van der Waals surface area (Å²) in [6, 6.07) is 0. The molecule has 0 aliphatic rings. The number of ether oxygens (including phenoxy) is 3. The van der Waals surface area contributed by atoms with Gasteiger partial charge in [-0.1, -0.05) is 65.2 Å². The molecule has 0 aromatic heterocycles. The van der Waals surface area contributed by atoms with Gasteiger partial charge in [0.15, 0.2) is 0 Å². The van der Waals surface area contributed by atoms with Crippen LogP contribution >= 0.6 is 12.8 Å². The van der Waals surface area contributed by atoms with E-state index in [0.29, 0.717) is 32.5 Å². The highest BCUT2D eigenvalue weighted by Crippen LogP contribution is 1.91. The number of carboxylic acid groups (broad SMARTS) is 1. The number of nitrogens with one attached hydrogen (secondary N) is 1. The van der Waals surface area contributed by atoms with Crippen molar-refractivity contribution in [2.24, 2.45) is 0 Å². The fraction of sp³-hybridized carbons (Fsp3) is 0.810. The highest BCUT2D eigenvalue weighted by molar-refractivity contribution is 7.77. The highest BCUT2D eigenvalue weighted by atomic mass is 32.1. The van der Waals surface area contributed by atoms with E-state index in [2.05, 4.69) is 36.2 Å². The number of hydrogen-bond acceptors (Lipinski definition) is 11. The molecule has 5 N–H and O–H groups in total. The molecule has 0 saturated carbocycles. The van der Waals surface area contributed by atoms with E-state index in [9.17, 15) is 19.2 Å². The molecule has 206 valence electrons. The van der Waals surface area contributed by atoms with Crippen molar-refractivity contribution >= 4 is 36.9 Å². The molecule has 0 unspecified atom stereocenters. The third-order valence-corrected chi connectivity index (χ3v) is 3.14. The van der Waals surface area contributed by atoms with Crippen LogP contribution in [0, 0.1) is 0 Å². The van der Waals surface area contributed by atoms with Crippen LogP contribution in [0.15, 0.2) is 0 Å². The van der Waals surface area contributed by atoms with E-state index in [0.717, 1.165) is 25.7 Å². The summed E-state index contributed by atoms with van der Waals surface area (Å²) in [5.74, 6) is -1.11. The van der Waals surface area contributed by atoms with Gasteiger partial charge in [-0.15, -0.1) is 0 Å². The van der Waals surface area contributed by atoms with Gasteiger partial charge >= 0.3 is 24.1 Å². The van der Waals surface area contributed by atoms with Crippen LogP contribution in [0.4, 0.5) is 4.79 Å². The number of carboxylic acids is 1. The number of rotatable bonds is 13. The minimum absolute atomic E-state index is 0. The molecule has 0 aliphatic heterocycles. The van der Waals surface area contributed by atoms with Crippen LogP contribution in [0.3, 0.4) is 0 Å². The Morgan fingerprint density at radius 1 is 0.735 bits per heavy atom. The fourth-order valence-electron chi connectivity index (χ4n) is 1.16. The Labute approximate surface area is 208 Å². The van der Waals surface area contributed by atoms with Crippen LogP contribution < -0.4 is 4.89 Å². The number of thiol groups is 1. The van der Waals surface area contributed by atoms with Crippen LogP contribution in [0.2, 0.25) is 0 Å². The van der Waals surface area contributed by atoms with Crippen molar-refractivity contribution in [1.29, 1.82) is 0 Å². The predicted octanol–water partition coefficient (Wildman–Crippen LogP) is 3.01. The minimum atomic E-state index is -0.873. The quantitative estimate of drug-likeness (QED) is 0.0919. The molecule has 12 nitrogen and oxygen atoms in total. The molecule has 0 bridgehead atoms. The zero-order valence-electron chi connectivity index (χ0n) is 21.1. The van der Waals surface area contributed by atoms with E-state index < -0.39 is 12.1 Å². The van der Waals surface area contributed by atoms with Gasteiger partial charge in [0.25, 0.3) is 0 Å². The first-order valence-electron chi connectivity index (χ1n) is 11.1. The first-order chi connectivity index (χ1) is 15.7. The SMILES string of the molecule is CCC(=O)O.CCC(=O)OCCCOC(=O)ONS.CCCCO.CCCCOC(=O)CC.O. The normalized spacial score (nSPS) is 8.56. The Morgan fingerprint density at radius 2 is 1.15 bits per heavy atom. The largest absolute Gasteiger partial charge is 0.528 e. The van der Waals surface area contributed by atoms with E-state index in [1.807, 2.05) is 4.89 Å². The van der Waals surface area contributed by atoms with Gasteiger partial charge in [0.2, 0.25) is 0 Å². The van der Waals surface area contributed by atoms with Crippen molar-refractivity contribution in [2.45, 2.75) is 86.0 Å². The van der Waals surface area contributed by atoms with Gasteiger partial charge in [0, 0.05) is 32.3 Å². The second-order valence-electron chi connectivity index (χ2n) is 5.97. The zero-order chi connectivity index (χ0) is 26.3. The Hall–Kier alpha value is -2.09. The Bertz CT molecular complexity index is 464. The number of hydrogen-bond donors (Lipinski definition) is 4. The van der Waals surface area contributed by atoms with E-state index >= 15 is 0 Å². The maximum atomic E-state index is 10.6. The second-order valence-corrected chi connectivity index (χ2v) is 6.15. The molecule has 0 amide bonds. The van der Waals surface area contributed by atoms with E-state index in [1.165, 1.54) is 0 Å². The molecule has 34 heavy (non-hydrogen) atoms. The molecule has 0 fully saturated rings. The van der Waals surface area contributed by atoms with Gasteiger partial charge in [-0.25, -0.2) is 4.79 Å². The number of aliphatic carboxylic acids is 1. The number of carbonyl (C=O) groups excluding carboxylic acids is 3. The summed E-state index contributed by atoms with van der Waals surface area (Å²) in [6.07, 6.45) is 4.71. The van der Waals surface area contributed by atoms with E-state index in [1.54, 1.807) is 20.8 Å². The Balaban J connectivity index is -0.000000120. The minimum Gasteiger partial charge on any atom is -0.481 e. The lowest BCUT2D eigenvalue weighted by Crippen LogP contribution is -2.14. The lowest BCUT2D eigenvalue weighted by Gasteiger charge is -2.04. The molecule has 0 radical (unpaired) electrons. The van der Waals surface area contributed by atoms with Crippen molar-refractivity contribution in [3.63, 3.8) is 0 Å². The molecule has 0 heterocycles. The first-order valence-corrected chi connectivity index (χ1v) is 11.5. The number of carbonyl (C=O) groups is 4. The van der Waals surface area contributed by atoms with Crippen LogP contribution in [-0.4, -0.2) is 66.2 Å². The summed E-state index contributed by atoms with van der Waals surface area (Å²) < 4.78 is 14.1. The standard InChI is InChI=1S/C7H13NO5S.C7H14O2.C4H10O.C3H6O2.H2O/c1-2-6(9)11-4-3-5-12-7(10)13-8-14;1-3-5-6-9-7(8)4-2;1-2-3-4-5;1-2-3(4)5;/h8,14H,2-5H2,1H3;3-6H2,1-2H3;5H,2-4H2,1H3;2H2,1H3,(H,4,5);1H2. The van der Waals surface area contributed by atoms with Crippen LogP contribution in [-0.2, 0) is 33.4 Å². The van der Waals surface area contributed by atoms with Gasteiger partial charge in [0.1, 0.15) is 0 Å². The van der Waals surface area contributed by atoms with Crippen LogP contribution in [0.25, 0.3) is 0 Å². The Kier molecular flexibility index (Phi) is 47.3. The van der Waals surface area contributed by atoms with Gasteiger partial charge in [-0.2, -0.15) is 0 Å². The average Bonchev–Trinajstić information content (AvgIpc) is 2.80. The second kappa shape index (κ2) is 38.2. The van der Waals surface area contributed by atoms with E-state index in [4.69, 9.17) is 19.7 Å². The lowest BCUT2D eigenvalue weighted by atomic mass is 10.4. The predicted molar refractivity (Wildman–Crippen MR) is 130 cm³/mol. The molecule has 0 spiro atoms. The van der Waals surface area contributed by atoms with Crippen molar-refractivity contribution in [2.75, 3.05) is 26.4 Å². The molecule has 0 saturated heterocycles. The van der Waals surface area contributed by atoms with Crippen molar-refractivity contribution in [1.82, 2.24) is 4.89 Å². The van der Waals surface area contributed by atoms with Crippen molar-refractivity contribution < 1.29 is 53.9 Å². The first kappa shape index (κ1) is 42.1. The summed E-state index contributed by atoms with van der Waals surface area (Å²) in [5, 5.41) is 15.8.